The van der Waals surface area contributed by atoms with Gasteiger partial charge in [-0.3, -0.25) is 0 Å². The van der Waals surface area contributed by atoms with E-state index in [0.717, 1.165) is 42.7 Å². The van der Waals surface area contributed by atoms with Gasteiger partial charge in [-0.15, -0.1) is 0 Å². The van der Waals surface area contributed by atoms with Crippen molar-refractivity contribution in [1.29, 1.82) is 0 Å². The van der Waals surface area contributed by atoms with Crippen LogP contribution in [0.2, 0.25) is 0 Å². The Hall–Kier alpha value is -4.63. The third kappa shape index (κ3) is 4.30. The monoisotopic (exact) mass is 505 g/mol. The number of aryl methyl sites for hydroxylation is 1. The molecule has 1 aliphatic rings. The lowest BCUT2D eigenvalue weighted by molar-refractivity contribution is 0.683. The molecule has 39 heavy (non-hydrogen) atoms. The van der Waals surface area contributed by atoms with Crippen molar-refractivity contribution in [1.82, 2.24) is 4.57 Å². The largest absolute Gasteiger partial charge is 0.341 e. The first-order valence-corrected chi connectivity index (χ1v) is 13.9. The molecule has 1 heterocycles. The average molecular weight is 506 g/mol. The van der Waals surface area contributed by atoms with Crippen LogP contribution >= 0.6 is 0 Å². The topological polar surface area (TPSA) is 20.5 Å². The van der Waals surface area contributed by atoms with Crippen molar-refractivity contribution in [3.63, 3.8) is 0 Å². The molecule has 190 valence electrons. The van der Waals surface area contributed by atoms with E-state index in [0.29, 0.717) is 0 Å². The zero-order valence-corrected chi connectivity index (χ0v) is 22.2. The summed E-state index contributed by atoms with van der Waals surface area (Å²) in [4.78, 5) is 0. The Labute approximate surface area is 228 Å². The van der Waals surface area contributed by atoms with E-state index in [-0.39, 0.29) is 0 Å². The Morgan fingerprint density at radius 3 is 2.03 bits per heavy atom. The minimum absolute atomic E-state index is 1.04. The van der Waals surface area contributed by atoms with Gasteiger partial charge in [-0.2, -0.15) is 5.10 Å². The van der Waals surface area contributed by atoms with E-state index in [4.69, 9.17) is 5.10 Å². The molecule has 5 aromatic carbocycles. The molecule has 0 radical (unpaired) electrons. The van der Waals surface area contributed by atoms with Crippen LogP contribution in [0.3, 0.4) is 0 Å². The fourth-order valence-corrected chi connectivity index (χ4v) is 5.87. The third-order valence-electron chi connectivity index (χ3n) is 7.75. The van der Waals surface area contributed by atoms with Crippen molar-refractivity contribution >= 4 is 62.2 Å². The molecule has 0 atom stereocenters. The standard InChI is InChI=1S/C36H31N3/c1-2-21-38-35-14-8-7-13-33(35)34-22-26(15-20-36(34)38)25-37-39(31-18-16-27-9-3-5-11-29(27)23-31)32-19-17-28-10-4-6-12-30(28)24-32/h3-6,9-20,22-25H,2,7-8,21H2,1H3/b37-25-. The summed E-state index contributed by atoms with van der Waals surface area (Å²) in [6, 6.07) is 36.8. The van der Waals surface area contributed by atoms with E-state index in [1.54, 1.807) is 0 Å². The van der Waals surface area contributed by atoms with Gasteiger partial charge >= 0.3 is 0 Å². The molecule has 0 saturated heterocycles. The summed E-state index contributed by atoms with van der Waals surface area (Å²) in [5, 5.41) is 16.1. The number of benzene rings is 5. The SMILES string of the molecule is CCCn1c2c(c3cc(/C=N\N(c4ccc5ccccc5c4)c4ccc5ccccc5c4)ccc31)=CCCC=2. The van der Waals surface area contributed by atoms with E-state index < -0.39 is 0 Å². The molecule has 3 nitrogen and oxygen atoms in total. The van der Waals surface area contributed by atoms with E-state index in [1.807, 2.05) is 6.21 Å². The zero-order valence-electron chi connectivity index (χ0n) is 22.2. The summed E-state index contributed by atoms with van der Waals surface area (Å²) in [6.07, 6.45) is 10.2. The van der Waals surface area contributed by atoms with Crippen LogP contribution in [0.25, 0.3) is 44.6 Å². The molecule has 3 heteroatoms. The molecule has 1 aromatic heterocycles. The Morgan fingerprint density at radius 1 is 0.718 bits per heavy atom. The average Bonchev–Trinajstić information content (AvgIpc) is 3.30. The minimum atomic E-state index is 1.04. The van der Waals surface area contributed by atoms with E-state index >= 15 is 0 Å². The van der Waals surface area contributed by atoms with E-state index in [1.165, 1.54) is 43.0 Å². The fraction of sp³-hybridized carbons (Fsp3) is 0.139. The lowest BCUT2D eigenvalue weighted by atomic mass is 10.1. The first kappa shape index (κ1) is 23.5. The Balaban J connectivity index is 1.35. The van der Waals surface area contributed by atoms with Gasteiger partial charge in [0.1, 0.15) is 0 Å². The zero-order chi connectivity index (χ0) is 26.2. The number of fused-ring (bicyclic) bond motifs is 5. The summed E-state index contributed by atoms with van der Waals surface area (Å²) in [5.41, 5.74) is 4.49. The summed E-state index contributed by atoms with van der Waals surface area (Å²) >= 11 is 0. The normalized spacial score (nSPS) is 13.1. The summed E-state index contributed by atoms with van der Waals surface area (Å²) in [7, 11) is 0. The second kappa shape index (κ2) is 9.92. The van der Waals surface area contributed by atoms with Crippen molar-refractivity contribution in [2.24, 2.45) is 5.10 Å². The van der Waals surface area contributed by atoms with Crippen LogP contribution in [0.1, 0.15) is 31.7 Å². The predicted octanol–water partition coefficient (Wildman–Crippen LogP) is 7.88. The summed E-state index contributed by atoms with van der Waals surface area (Å²) in [6.45, 7) is 3.29. The minimum Gasteiger partial charge on any atom is -0.341 e. The van der Waals surface area contributed by atoms with E-state index in [9.17, 15) is 0 Å². The number of hydrazone groups is 1. The van der Waals surface area contributed by atoms with Gasteiger partial charge in [0.15, 0.2) is 0 Å². The lowest BCUT2D eigenvalue weighted by Crippen LogP contribution is -2.30. The molecule has 0 spiro atoms. The van der Waals surface area contributed by atoms with Crippen molar-refractivity contribution in [2.45, 2.75) is 32.7 Å². The maximum absolute atomic E-state index is 5.09. The maximum Gasteiger partial charge on any atom is 0.0659 e. The first-order valence-electron chi connectivity index (χ1n) is 13.9. The maximum atomic E-state index is 5.09. The van der Waals surface area contributed by atoms with Gasteiger partial charge in [-0.1, -0.05) is 85.8 Å². The molecular formula is C36H31N3. The number of hydrogen-bond donors (Lipinski definition) is 0. The van der Waals surface area contributed by atoms with Crippen molar-refractivity contribution in [3.8, 4) is 0 Å². The molecule has 7 rings (SSSR count). The van der Waals surface area contributed by atoms with Crippen LogP contribution < -0.4 is 15.6 Å². The second-order valence-corrected chi connectivity index (χ2v) is 10.3. The van der Waals surface area contributed by atoms with Gasteiger partial charge in [-0.25, -0.2) is 5.01 Å². The van der Waals surface area contributed by atoms with Gasteiger partial charge in [0, 0.05) is 28.0 Å². The van der Waals surface area contributed by atoms with Crippen LogP contribution in [-0.2, 0) is 6.54 Å². The third-order valence-corrected chi connectivity index (χ3v) is 7.75. The summed E-state index contributed by atoms with van der Waals surface area (Å²) < 4.78 is 2.48. The molecule has 0 N–H and O–H groups in total. The van der Waals surface area contributed by atoms with Crippen molar-refractivity contribution in [2.75, 3.05) is 5.01 Å². The van der Waals surface area contributed by atoms with Crippen molar-refractivity contribution in [3.05, 3.63) is 119 Å². The Morgan fingerprint density at radius 2 is 1.36 bits per heavy atom. The van der Waals surface area contributed by atoms with E-state index in [2.05, 4.69) is 132 Å². The number of rotatable bonds is 6. The highest BCUT2D eigenvalue weighted by molar-refractivity contribution is 5.93. The quantitative estimate of drug-likeness (QED) is 0.167. The highest BCUT2D eigenvalue weighted by Crippen LogP contribution is 2.31. The molecule has 0 aliphatic heterocycles. The van der Waals surface area contributed by atoms with Crippen LogP contribution in [0, 0.1) is 0 Å². The van der Waals surface area contributed by atoms with Crippen LogP contribution in [0.5, 0.6) is 0 Å². The highest BCUT2D eigenvalue weighted by Gasteiger charge is 2.12. The van der Waals surface area contributed by atoms with Gasteiger partial charge in [0.25, 0.3) is 0 Å². The predicted molar refractivity (Wildman–Crippen MR) is 167 cm³/mol. The fourth-order valence-electron chi connectivity index (χ4n) is 5.87. The molecule has 0 saturated carbocycles. The number of nitrogens with zero attached hydrogens (tertiary/aromatic N) is 3. The smallest absolute Gasteiger partial charge is 0.0659 e. The van der Waals surface area contributed by atoms with Crippen LogP contribution in [0.4, 0.5) is 11.4 Å². The molecule has 6 aromatic rings. The van der Waals surface area contributed by atoms with Crippen molar-refractivity contribution < 1.29 is 0 Å². The highest BCUT2D eigenvalue weighted by atomic mass is 15.5. The number of hydrogen-bond acceptors (Lipinski definition) is 2. The van der Waals surface area contributed by atoms with Gasteiger partial charge in [0.2, 0.25) is 0 Å². The molecule has 1 aliphatic carbocycles. The molecule has 0 amide bonds. The molecule has 0 unspecified atom stereocenters. The number of aromatic nitrogens is 1. The van der Waals surface area contributed by atoms with Gasteiger partial charge in [-0.05, 0) is 82.8 Å². The van der Waals surface area contributed by atoms with Gasteiger partial charge in [0.05, 0.1) is 17.6 Å². The number of anilines is 2. The molecule has 0 bridgehead atoms. The van der Waals surface area contributed by atoms with Crippen LogP contribution in [0.15, 0.2) is 108 Å². The molecular weight excluding hydrogens is 474 g/mol. The first-order chi connectivity index (χ1) is 19.3. The summed E-state index contributed by atoms with van der Waals surface area (Å²) in [5.74, 6) is 0. The second-order valence-electron chi connectivity index (χ2n) is 10.3. The Bertz CT molecular complexity index is 1910. The van der Waals surface area contributed by atoms with Crippen LogP contribution in [-0.4, -0.2) is 10.8 Å². The van der Waals surface area contributed by atoms with Gasteiger partial charge < -0.3 is 4.57 Å². The Kier molecular flexibility index (Phi) is 5.97. The lowest BCUT2D eigenvalue weighted by Gasteiger charge is -2.20. The molecule has 0 fully saturated rings.